The van der Waals surface area contributed by atoms with E-state index in [0.717, 1.165) is 16.6 Å². The van der Waals surface area contributed by atoms with Crippen LogP contribution in [0.4, 0.5) is 5.95 Å². The van der Waals surface area contributed by atoms with Crippen LogP contribution >= 0.6 is 0 Å². The molecule has 0 saturated carbocycles. The van der Waals surface area contributed by atoms with Gasteiger partial charge in [-0.15, -0.1) is 0 Å². The molecule has 0 atom stereocenters. The Labute approximate surface area is 140 Å². The molecule has 124 valence electrons. The van der Waals surface area contributed by atoms with E-state index < -0.39 is 0 Å². The summed E-state index contributed by atoms with van der Waals surface area (Å²) in [4.78, 5) is 9.02. The summed E-state index contributed by atoms with van der Waals surface area (Å²) >= 11 is 0. The van der Waals surface area contributed by atoms with E-state index in [1.807, 2.05) is 48.0 Å². The molecule has 1 heterocycles. The smallest absolute Gasteiger partial charge is 0.230 e. The number of hydrogen-bond acceptors (Lipinski definition) is 5. The maximum absolute atomic E-state index is 5.36. The molecule has 0 saturated heterocycles. The highest BCUT2D eigenvalue weighted by molar-refractivity contribution is 5.85. The van der Waals surface area contributed by atoms with Crippen molar-refractivity contribution in [3.63, 3.8) is 0 Å². The minimum atomic E-state index is 0.555. The zero-order valence-corrected chi connectivity index (χ0v) is 14.1. The van der Waals surface area contributed by atoms with Gasteiger partial charge in [0, 0.05) is 18.8 Å². The third-order valence-electron chi connectivity index (χ3n) is 3.78. The predicted octanol–water partition coefficient (Wildman–Crippen LogP) is 3.35. The normalized spacial score (nSPS) is 11.2. The van der Waals surface area contributed by atoms with E-state index in [1.54, 1.807) is 27.5 Å². The average Bonchev–Trinajstić information content (AvgIpc) is 2.95. The van der Waals surface area contributed by atoms with Crippen molar-refractivity contribution in [1.29, 1.82) is 0 Å². The number of hydrogen-bond donors (Lipinski definition) is 0. The largest absolute Gasteiger partial charge is 0.493 e. The van der Waals surface area contributed by atoms with E-state index in [4.69, 9.17) is 14.2 Å². The highest BCUT2D eigenvalue weighted by atomic mass is 16.5. The number of aliphatic imine (C=N–C) groups is 1. The van der Waals surface area contributed by atoms with Crippen LogP contribution in [-0.4, -0.2) is 37.1 Å². The fourth-order valence-electron chi connectivity index (χ4n) is 2.56. The van der Waals surface area contributed by atoms with Gasteiger partial charge in [0.25, 0.3) is 0 Å². The summed E-state index contributed by atoms with van der Waals surface area (Å²) in [7, 11) is 6.69. The Morgan fingerprint density at radius 3 is 2.25 bits per heavy atom. The first-order valence-electron chi connectivity index (χ1n) is 7.43. The van der Waals surface area contributed by atoms with Crippen molar-refractivity contribution in [2.75, 3.05) is 21.3 Å². The number of methoxy groups -OCH3 is 3. The quantitative estimate of drug-likeness (QED) is 0.675. The van der Waals surface area contributed by atoms with Gasteiger partial charge in [0.15, 0.2) is 11.5 Å². The summed E-state index contributed by atoms with van der Waals surface area (Å²) in [6.07, 6.45) is 1.73. The SMILES string of the molecule is COc1cc(/C=N/c2nc3ccccc3n2C)cc(OC)c1OC. The summed E-state index contributed by atoms with van der Waals surface area (Å²) in [6.45, 7) is 0. The fraction of sp³-hybridized carbons (Fsp3) is 0.222. The molecule has 3 rings (SSSR count). The van der Waals surface area contributed by atoms with E-state index in [0.29, 0.717) is 23.2 Å². The topological polar surface area (TPSA) is 57.9 Å². The zero-order chi connectivity index (χ0) is 17.1. The summed E-state index contributed by atoms with van der Waals surface area (Å²) in [5, 5.41) is 0. The molecule has 0 amide bonds. The zero-order valence-electron chi connectivity index (χ0n) is 14.1. The molecule has 0 unspecified atom stereocenters. The molecule has 0 aliphatic rings. The lowest BCUT2D eigenvalue weighted by Crippen LogP contribution is -1.97. The van der Waals surface area contributed by atoms with Crippen molar-refractivity contribution >= 4 is 23.2 Å². The van der Waals surface area contributed by atoms with Crippen molar-refractivity contribution in [3.05, 3.63) is 42.0 Å². The Kier molecular flexibility index (Phi) is 4.37. The van der Waals surface area contributed by atoms with Crippen LogP contribution in [0.15, 0.2) is 41.4 Å². The lowest BCUT2D eigenvalue weighted by atomic mass is 10.2. The van der Waals surface area contributed by atoms with Crippen molar-refractivity contribution in [3.8, 4) is 17.2 Å². The van der Waals surface area contributed by atoms with Gasteiger partial charge in [-0.2, -0.15) is 0 Å². The van der Waals surface area contributed by atoms with Crippen LogP contribution in [0.5, 0.6) is 17.2 Å². The lowest BCUT2D eigenvalue weighted by Gasteiger charge is -2.12. The van der Waals surface area contributed by atoms with Crippen LogP contribution in [0.2, 0.25) is 0 Å². The number of aromatic nitrogens is 2. The van der Waals surface area contributed by atoms with Crippen LogP contribution in [0.25, 0.3) is 11.0 Å². The molecule has 1 aromatic heterocycles. The lowest BCUT2D eigenvalue weighted by molar-refractivity contribution is 0.324. The molecule has 2 aromatic carbocycles. The first-order valence-corrected chi connectivity index (χ1v) is 7.43. The third kappa shape index (κ3) is 2.78. The highest BCUT2D eigenvalue weighted by Gasteiger charge is 2.12. The molecule has 0 aliphatic carbocycles. The van der Waals surface area contributed by atoms with Gasteiger partial charge in [-0.1, -0.05) is 12.1 Å². The van der Waals surface area contributed by atoms with Crippen LogP contribution < -0.4 is 14.2 Å². The molecule has 6 nitrogen and oxygen atoms in total. The van der Waals surface area contributed by atoms with Crippen molar-refractivity contribution in [2.45, 2.75) is 0 Å². The molecular formula is C18H19N3O3. The summed E-state index contributed by atoms with van der Waals surface area (Å²) in [5.41, 5.74) is 2.78. The van der Waals surface area contributed by atoms with E-state index in [-0.39, 0.29) is 0 Å². The van der Waals surface area contributed by atoms with E-state index >= 15 is 0 Å². The molecule has 6 heteroatoms. The van der Waals surface area contributed by atoms with Gasteiger partial charge in [-0.25, -0.2) is 9.98 Å². The van der Waals surface area contributed by atoms with Gasteiger partial charge in [0.05, 0.1) is 32.4 Å². The van der Waals surface area contributed by atoms with Crippen LogP contribution in [0.1, 0.15) is 5.56 Å². The first kappa shape index (κ1) is 15.9. The van der Waals surface area contributed by atoms with E-state index in [2.05, 4.69) is 9.98 Å². The van der Waals surface area contributed by atoms with Gasteiger partial charge in [-0.05, 0) is 24.3 Å². The van der Waals surface area contributed by atoms with Gasteiger partial charge in [0.2, 0.25) is 11.7 Å². The van der Waals surface area contributed by atoms with Crippen molar-refractivity contribution in [1.82, 2.24) is 9.55 Å². The number of aryl methyl sites for hydroxylation is 1. The van der Waals surface area contributed by atoms with Crippen molar-refractivity contribution in [2.24, 2.45) is 12.0 Å². The number of nitrogens with zero attached hydrogens (tertiary/aromatic N) is 3. The number of para-hydroxylation sites is 2. The first-order chi connectivity index (χ1) is 11.7. The average molecular weight is 325 g/mol. The summed E-state index contributed by atoms with van der Waals surface area (Å²) in [6, 6.07) is 11.6. The van der Waals surface area contributed by atoms with Gasteiger partial charge >= 0.3 is 0 Å². The number of imidazole rings is 1. The highest BCUT2D eigenvalue weighted by Crippen LogP contribution is 2.37. The minimum absolute atomic E-state index is 0.555. The molecule has 3 aromatic rings. The van der Waals surface area contributed by atoms with Gasteiger partial charge in [-0.3, -0.25) is 0 Å². The summed E-state index contributed by atoms with van der Waals surface area (Å²) in [5.74, 6) is 2.36. The van der Waals surface area contributed by atoms with Crippen LogP contribution in [-0.2, 0) is 7.05 Å². The van der Waals surface area contributed by atoms with Crippen LogP contribution in [0, 0.1) is 0 Å². The van der Waals surface area contributed by atoms with E-state index in [9.17, 15) is 0 Å². The third-order valence-corrected chi connectivity index (χ3v) is 3.78. The maximum Gasteiger partial charge on any atom is 0.230 e. The van der Waals surface area contributed by atoms with Gasteiger partial charge in [0.1, 0.15) is 0 Å². The van der Waals surface area contributed by atoms with Gasteiger partial charge < -0.3 is 18.8 Å². The molecule has 0 radical (unpaired) electrons. The molecule has 0 bridgehead atoms. The Balaban J connectivity index is 2.00. The second kappa shape index (κ2) is 6.62. The second-order valence-corrected chi connectivity index (χ2v) is 5.18. The monoisotopic (exact) mass is 325 g/mol. The molecule has 0 N–H and O–H groups in total. The molecule has 0 spiro atoms. The standard InChI is InChI=1S/C18H19N3O3/c1-21-14-8-6-5-7-13(14)20-18(21)19-11-12-9-15(22-2)17(24-4)16(10-12)23-3/h5-11H,1-4H3/b19-11+. The second-order valence-electron chi connectivity index (χ2n) is 5.18. The maximum atomic E-state index is 5.36. The van der Waals surface area contributed by atoms with E-state index in [1.165, 1.54) is 0 Å². The Hall–Kier alpha value is -3.02. The number of fused-ring (bicyclic) bond motifs is 1. The number of rotatable bonds is 5. The summed E-state index contributed by atoms with van der Waals surface area (Å²) < 4.78 is 18.0. The molecule has 24 heavy (non-hydrogen) atoms. The Morgan fingerprint density at radius 2 is 1.67 bits per heavy atom. The minimum Gasteiger partial charge on any atom is -0.493 e. The van der Waals surface area contributed by atoms with Crippen LogP contribution in [0.3, 0.4) is 0 Å². The molecule has 0 fully saturated rings. The number of benzene rings is 2. The molecule has 0 aliphatic heterocycles. The fourth-order valence-corrected chi connectivity index (χ4v) is 2.56. The Bertz CT molecular complexity index is 875. The predicted molar refractivity (Wildman–Crippen MR) is 94.1 cm³/mol. The molecular weight excluding hydrogens is 306 g/mol. The number of ether oxygens (including phenoxy) is 3. The Morgan fingerprint density at radius 1 is 1.00 bits per heavy atom. The van der Waals surface area contributed by atoms with Crippen molar-refractivity contribution < 1.29 is 14.2 Å².